The van der Waals surface area contributed by atoms with Crippen molar-refractivity contribution < 1.29 is 32.7 Å². The fourth-order valence-electron chi connectivity index (χ4n) is 5.28. The summed E-state index contributed by atoms with van der Waals surface area (Å²) in [5, 5.41) is 12.6. The average Bonchev–Trinajstić information content (AvgIpc) is 3.40. The number of aromatic nitrogens is 1. The molecule has 2 N–H and O–H groups in total. The second-order valence-corrected chi connectivity index (χ2v) is 11.8. The number of hydrogen-bond acceptors (Lipinski definition) is 7. The van der Waals surface area contributed by atoms with Crippen molar-refractivity contribution in [1.29, 1.82) is 0 Å². The first kappa shape index (κ1) is 27.8. The van der Waals surface area contributed by atoms with Crippen LogP contribution >= 0.6 is 23.1 Å². The average molecular weight is 612 g/mol. The molecule has 42 heavy (non-hydrogen) atoms. The van der Waals surface area contributed by atoms with E-state index in [-0.39, 0.29) is 28.6 Å². The molecule has 1 fully saturated rings. The lowest BCUT2D eigenvalue weighted by Gasteiger charge is -2.31. The third kappa shape index (κ3) is 4.77. The van der Waals surface area contributed by atoms with Gasteiger partial charge in [-0.15, -0.1) is 0 Å². The maximum absolute atomic E-state index is 13.9. The SMILES string of the molecule is O=C(Cn1c2c(sc1=O)C(c1ccccc1O)C1C(=O)N(c3cccc(C(F)(F)F)c3)C(=O)C1S2)Nc1ccccc1. The van der Waals surface area contributed by atoms with Crippen molar-refractivity contribution in [1.82, 2.24) is 4.57 Å². The molecular formula is C29H20F3N3O5S2. The Morgan fingerprint density at radius 2 is 1.64 bits per heavy atom. The number of benzene rings is 3. The van der Waals surface area contributed by atoms with Gasteiger partial charge in [0.2, 0.25) is 17.7 Å². The Morgan fingerprint density at radius 1 is 0.929 bits per heavy atom. The summed E-state index contributed by atoms with van der Waals surface area (Å²) < 4.78 is 41.6. The van der Waals surface area contributed by atoms with Crippen molar-refractivity contribution in [3.8, 4) is 5.75 Å². The molecule has 3 aromatic carbocycles. The maximum Gasteiger partial charge on any atom is 0.416 e. The van der Waals surface area contributed by atoms with Gasteiger partial charge in [0.1, 0.15) is 17.5 Å². The topological polar surface area (TPSA) is 109 Å². The first-order chi connectivity index (χ1) is 20.0. The zero-order valence-electron chi connectivity index (χ0n) is 21.4. The zero-order valence-corrected chi connectivity index (χ0v) is 23.0. The van der Waals surface area contributed by atoms with E-state index < -0.39 is 51.4 Å². The summed E-state index contributed by atoms with van der Waals surface area (Å²) in [6.07, 6.45) is -4.69. The molecule has 0 bridgehead atoms. The number of rotatable bonds is 5. The molecule has 8 nitrogen and oxygen atoms in total. The number of phenolic OH excluding ortho intramolecular Hbond substituents is 1. The number of carbonyl (C=O) groups excluding carboxylic acids is 3. The van der Waals surface area contributed by atoms with Crippen molar-refractivity contribution in [2.75, 3.05) is 10.2 Å². The van der Waals surface area contributed by atoms with Gasteiger partial charge in [0.05, 0.1) is 22.2 Å². The van der Waals surface area contributed by atoms with Crippen LogP contribution in [0.2, 0.25) is 0 Å². The Labute approximate surface area is 244 Å². The molecule has 2 aliphatic heterocycles. The van der Waals surface area contributed by atoms with Gasteiger partial charge in [0, 0.05) is 22.0 Å². The number of phenols is 1. The lowest BCUT2D eigenvalue weighted by Crippen LogP contribution is -2.33. The number of thioether (sulfide) groups is 1. The van der Waals surface area contributed by atoms with Gasteiger partial charge in [0.25, 0.3) is 0 Å². The van der Waals surface area contributed by atoms with E-state index >= 15 is 0 Å². The molecule has 2 aliphatic rings. The Balaban J connectivity index is 1.43. The number of amides is 3. The van der Waals surface area contributed by atoms with E-state index in [9.17, 15) is 37.5 Å². The number of thiazole rings is 1. The Morgan fingerprint density at radius 3 is 2.36 bits per heavy atom. The van der Waals surface area contributed by atoms with Gasteiger partial charge in [-0.2, -0.15) is 13.2 Å². The number of halogens is 3. The molecule has 3 heterocycles. The van der Waals surface area contributed by atoms with Gasteiger partial charge in [-0.05, 0) is 36.4 Å². The number of aromatic hydroxyl groups is 1. The first-order valence-electron chi connectivity index (χ1n) is 12.6. The van der Waals surface area contributed by atoms with Gasteiger partial charge >= 0.3 is 11.0 Å². The Kier molecular flexibility index (Phi) is 6.93. The van der Waals surface area contributed by atoms with E-state index in [0.29, 0.717) is 10.6 Å². The van der Waals surface area contributed by atoms with Crippen LogP contribution in [0, 0.1) is 5.92 Å². The van der Waals surface area contributed by atoms with Crippen LogP contribution in [0.25, 0.3) is 0 Å². The summed E-state index contributed by atoms with van der Waals surface area (Å²) in [5.41, 5.74) is -0.442. The van der Waals surface area contributed by atoms with E-state index in [1.165, 1.54) is 16.7 Å². The molecule has 13 heteroatoms. The van der Waals surface area contributed by atoms with Crippen molar-refractivity contribution in [3.63, 3.8) is 0 Å². The van der Waals surface area contributed by atoms with E-state index in [4.69, 9.17) is 0 Å². The van der Waals surface area contributed by atoms with Crippen LogP contribution in [0.5, 0.6) is 5.75 Å². The van der Waals surface area contributed by atoms with Crippen LogP contribution < -0.4 is 15.1 Å². The Bertz CT molecular complexity index is 1790. The summed E-state index contributed by atoms with van der Waals surface area (Å²) in [7, 11) is 0. The monoisotopic (exact) mass is 611 g/mol. The predicted octanol–water partition coefficient (Wildman–Crippen LogP) is 5.07. The molecule has 0 saturated carbocycles. The third-order valence-electron chi connectivity index (χ3n) is 7.11. The summed E-state index contributed by atoms with van der Waals surface area (Å²) in [4.78, 5) is 54.3. The number of fused-ring (bicyclic) bond motifs is 2. The summed E-state index contributed by atoms with van der Waals surface area (Å²) in [6, 6.07) is 18.8. The molecule has 3 amide bonds. The van der Waals surface area contributed by atoms with E-state index in [1.807, 2.05) is 0 Å². The van der Waals surface area contributed by atoms with E-state index in [1.54, 1.807) is 48.5 Å². The number of imide groups is 1. The van der Waals surface area contributed by atoms with Crippen LogP contribution in [0.4, 0.5) is 24.5 Å². The number of nitrogens with zero attached hydrogens (tertiary/aromatic N) is 2. The van der Waals surface area contributed by atoms with Crippen LogP contribution in [0.15, 0.2) is 88.7 Å². The Hall–Kier alpha value is -4.36. The first-order valence-corrected chi connectivity index (χ1v) is 14.3. The highest BCUT2D eigenvalue weighted by Crippen LogP contribution is 2.55. The molecule has 4 aromatic rings. The summed E-state index contributed by atoms with van der Waals surface area (Å²) in [5.74, 6) is -4.25. The van der Waals surface area contributed by atoms with Crippen LogP contribution in [-0.2, 0) is 27.1 Å². The zero-order chi connectivity index (χ0) is 29.8. The largest absolute Gasteiger partial charge is 0.508 e. The molecule has 1 aromatic heterocycles. The highest BCUT2D eigenvalue weighted by atomic mass is 32.2. The molecule has 6 rings (SSSR count). The number of anilines is 2. The van der Waals surface area contributed by atoms with Gasteiger partial charge in [-0.25, -0.2) is 4.90 Å². The number of alkyl halides is 3. The molecule has 1 saturated heterocycles. The minimum atomic E-state index is -4.69. The number of para-hydroxylation sites is 2. The van der Waals surface area contributed by atoms with Crippen molar-refractivity contribution in [3.05, 3.63) is 105 Å². The summed E-state index contributed by atoms with van der Waals surface area (Å²) >= 11 is 1.72. The molecule has 0 aliphatic carbocycles. The molecule has 3 unspecified atom stereocenters. The van der Waals surface area contributed by atoms with Crippen LogP contribution in [-0.4, -0.2) is 32.6 Å². The van der Waals surface area contributed by atoms with Gasteiger partial charge in [-0.1, -0.05) is 65.6 Å². The highest BCUT2D eigenvalue weighted by molar-refractivity contribution is 8.00. The lowest BCUT2D eigenvalue weighted by atomic mass is 9.82. The lowest BCUT2D eigenvalue weighted by molar-refractivity contribution is -0.137. The van der Waals surface area contributed by atoms with Gasteiger partial charge in [-0.3, -0.25) is 23.7 Å². The van der Waals surface area contributed by atoms with Crippen LogP contribution in [0.3, 0.4) is 0 Å². The standard InChI is InChI=1S/C29H20F3N3O5S2/c30-29(31,32)15-7-6-10-17(13-15)35-25(38)22-21(18-11-4-5-12-19(18)36)24-27(41-23(22)26(35)39)34(28(40)42-24)14-20(37)33-16-8-2-1-3-9-16/h1-13,21-23,36H,14H2,(H,33,37). The maximum atomic E-state index is 13.9. The molecular weight excluding hydrogens is 591 g/mol. The highest BCUT2D eigenvalue weighted by Gasteiger charge is 2.57. The molecule has 214 valence electrons. The van der Waals surface area contributed by atoms with E-state index in [2.05, 4.69) is 5.32 Å². The van der Waals surface area contributed by atoms with Crippen molar-refractivity contribution >= 4 is 52.2 Å². The second-order valence-electron chi connectivity index (χ2n) is 9.70. The second kappa shape index (κ2) is 10.5. The molecule has 3 atom stereocenters. The van der Waals surface area contributed by atoms with Crippen molar-refractivity contribution in [2.45, 2.75) is 28.9 Å². The fraction of sp³-hybridized carbons (Fsp3) is 0.172. The number of carbonyl (C=O) groups is 3. The number of hydrogen-bond donors (Lipinski definition) is 2. The normalized spacial score (nSPS) is 19.9. The summed E-state index contributed by atoms with van der Waals surface area (Å²) in [6.45, 7) is -0.378. The van der Waals surface area contributed by atoms with Crippen molar-refractivity contribution in [2.24, 2.45) is 5.92 Å². The van der Waals surface area contributed by atoms with Crippen LogP contribution in [0.1, 0.15) is 21.9 Å². The number of nitrogens with one attached hydrogen (secondary N) is 1. The van der Waals surface area contributed by atoms with Gasteiger partial charge in [0.15, 0.2) is 0 Å². The quantitative estimate of drug-likeness (QED) is 0.305. The third-order valence-corrected chi connectivity index (χ3v) is 9.72. The smallest absolute Gasteiger partial charge is 0.416 e. The minimum absolute atomic E-state index is 0.175. The fourth-order valence-corrected chi connectivity index (χ4v) is 8.05. The predicted molar refractivity (Wildman–Crippen MR) is 151 cm³/mol. The minimum Gasteiger partial charge on any atom is -0.508 e. The van der Waals surface area contributed by atoms with Gasteiger partial charge < -0.3 is 10.4 Å². The van der Waals surface area contributed by atoms with E-state index in [0.717, 1.165) is 46.2 Å². The molecule has 0 spiro atoms. The molecule has 0 radical (unpaired) electrons.